The number of nitrogens with zero attached hydrogens (tertiary/aromatic N) is 5. The average molecular weight is 360 g/mol. The number of anilines is 2. The van der Waals surface area contributed by atoms with Crippen LogP contribution in [0.15, 0.2) is 36.7 Å². The summed E-state index contributed by atoms with van der Waals surface area (Å²) in [5, 5.41) is 3.06. The zero-order chi connectivity index (χ0) is 17.3. The van der Waals surface area contributed by atoms with Crippen molar-refractivity contribution in [1.82, 2.24) is 23.6 Å². The van der Waals surface area contributed by atoms with Gasteiger partial charge >= 0.3 is 0 Å². The van der Waals surface area contributed by atoms with Gasteiger partial charge in [-0.05, 0) is 31.0 Å². The first-order valence-electron chi connectivity index (χ1n) is 8.39. The topological polar surface area (TPSA) is 91.3 Å². The quantitative estimate of drug-likeness (QED) is 0.866. The monoisotopic (exact) mass is 360 g/mol. The van der Waals surface area contributed by atoms with Gasteiger partial charge in [0, 0.05) is 44.5 Å². The lowest BCUT2D eigenvalue weighted by atomic mass is 9.99. The predicted octanol–water partition coefficient (Wildman–Crippen LogP) is 1.35. The first-order chi connectivity index (χ1) is 12.1. The van der Waals surface area contributed by atoms with Crippen LogP contribution in [0.3, 0.4) is 0 Å². The lowest BCUT2D eigenvalue weighted by Crippen LogP contribution is -2.53. The molecule has 0 aromatic carbocycles. The van der Waals surface area contributed by atoms with Gasteiger partial charge in [-0.1, -0.05) is 6.07 Å². The first-order valence-corrected chi connectivity index (χ1v) is 9.79. The Hall–Kier alpha value is -2.10. The van der Waals surface area contributed by atoms with E-state index >= 15 is 0 Å². The second-order valence-corrected chi connectivity index (χ2v) is 8.20. The van der Waals surface area contributed by atoms with Crippen LogP contribution in [0, 0.1) is 0 Å². The van der Waals surface area contributed by atoms with Gasteiger partial charge in [-0.2, -0.15) is 17.0 Å². The number of hydrogen-bond acceptors (Lipinski definition) is 6. The molecule has 0 saturated carbocycles. The van der Waals surface area contributed by atoms with Gasteiger partial charge in [0.25, 0.3) is 10.2 Å². The Bertz CT molecular complexity index is 833. The lowest BCUT2D eigenvalue weighted by Gasteiger charge is -2.39. The molecule has 0 radical (unpaired) electrons. The summed E-state index contributed by atoms with van der Waals surface area (Å²) < 4.78 is 28.1. The molecule has 2 aliphatic heterocycles. The Morgan fingerprint density at radius 3 is 2.52 bits per heavy atom. The van der Waals surface area contributed by atoms with E-state index in [4.69, 9.17) is 0 Å². The second-order valence-electron chi connectivity index (χ2n) is 6.27. The van der Waals surface area contributed by atoms with Crippen LogP contribution in [0.5, 0.6) is 0 Å². The van der Waals surface area contributed by atoms with E-state index in [9.17, 15) is 8.42 Å². The van der Waals surface area contributed by atoms with Gasteiger partial charge < -0.3 is 5.32 Å². The van der Waals surface area contributed by atoms with E-state index < -0.39 is 10.2 Å². The van der Waals surface area contributed by atoms with E-state index in [-0.39, 0.29) is 5.92 Å². The molecule has 0 aliphatic carbocycles. The number of aromatic nitrogens is 3. The maximum atomic E-state index is 12.5. The Balaban J connectivity index is 1.41. The molecule has 4 rings (SSSR count). The lowest BCUT2D eigenvalue weighted by molar-refractivity contribution is 0.241. The molecule has 2 aliphatic rings. The van der Waals surface area contributed by atoms with E-state index in [0.29, 0.717) is 37.9 Å². The van der Waals surface area contributed by atoms with Crippen LogP contribution in [-0.2, 0) is 10.2 Å². The van der Waals surface area contributed by atoms with Gasteiger partial charge in [0.2, 0.25) is 5.95 Å². The Kier molecular flexibility index (Phi) is 4.36. The van der Waals surface area contributed by atoms with Crippen LogP contribution in [0.1, 0.15) is 24.5 Å². The van der Waals surface area contributed by atoms with E-state index in [1.807, 2.05) is 24.3 Å². The smallest absolute Gasteiger partial charge is 0.282 e. The summed E-state index contributed by atoms with van der Waals surface area (Å²) in [6.07, 6.45) is 5.28. The highest BCUT2D eigenvalue weighted by Gasteiger charge is 2.41. The van der Waals surface area contributed by atoms with Gasteiger partial charge in [0.1, 0.15) is 5.82 Å². The van der Waals surface area contributed by atoms with Gasteiger partial charge in [0.05, 0.1) is 5.69 Å². The van der Waals surface area contributed by atoms with Crippen LogP contribution >= 0.6 is 0 Å². The molecule has 0 spiro atoms. The van der Waals surface area contributed by atoms with Gasteiger partial charge in [0.15, 0.2) is 0 Å². The van der Waals surface area contributed by atoms with Crippen LogP contribution in [0.25, 0.3) is 0 Å². The Morgan fingerprint density at radius 2 is 1.80 bits per heavy atom. The van der Waals surface area contributed by atoms with E-state index in [1.165, 1.54) is 4.31 Å². The average Bonchev–Trinajstić information content (AvgIpc) is 3.10. The van der Waals surface area contributed by atoms with Crippen LogP contribution in [0.4, 0.5) is 11.8 Å². The highest BCUT2D eigenvalue weighted by Crippen LogP contribution is 2.30. The van der Waals surface area contributed by atoms with E-state index in [0.717, 1.165) is 18.5 Å². The molecule has 2 aromatic heterocycles. The molecule has 0 atom stereocenters. The molecule has 9 heteroatoms. The molecule has 1 N–H and O–H groups in total. The van der Waals surface area contributed by atoms with Crippen molar-refractivity contribution in [2.24, 2.45) is 0 Å². The third kappa shape index (κ3) is 3.35. The molecule has 0 bridgehead atoms. The Labute approximate surface area is 147 Å². The van der Waals surface area contributed by atoms with Crippen molar-refractivity contribution in [3.63, 3.8) is 0 Å². The van der Waals surface area contributed by atoms with Crippen molar-refractivity contribution in [3.05, 3.63) is 42.4 Å². The van der Waals surface area contributed by atoms with Gasteiger partial charge in [-0.15, -0.1) is 0 Å². The fourth-order valence-electron chi connectivity index (χ4n) is 3.11. The Morgan fingerprint density at radius 1 is 1.00 bits per heavy atom. The SMILES string of the molecule is O=S(=O)(N1CCCC1)N1CC(c2ccnc(Nc3ccccn3)n2)C1. The fourth-order valence-corrected chi connectivity index (χ4v) is 4.89. The number of nitrogens with one attached hydrogen (secondary N) is 1. The highest BCUT2D eigenvalue weighted by atomic mass is 32.2. The molecule has 8 nitrogen and oxygen atoms in total. The normalized spacial score (nSPS) is 19.7. The molecule has 0 amide bonds. The van der Waals surface area contributed by atoms with E-state index in [2.05, 4.69) is 20.3 Å². The van der Waals surface area contributed by atoms with Crippen LogP contribution in [-0.4, -0.2) is 58.2 Å². The molecule has 2 aromatic rings. The molecule has 2 fully saturated rings. The molecule has 25 heavy (non-hydrogen) atoms. The minimum atomic E-state index is -3.30. The predicted molar refractivity (Wildman–Crippen MR) is 93.6 cm³/mol. The fraction of sp³-hybridized carbons (Fsp3) is 0.438. The summed E-state index contributed by atoms with van der Waals surface area (Å²) in [7, 11) is -3.30. The molecule has 2 saturated heterocycles. The summed E-state index contributed by atoms with van der Waals surface area (Å²) in [5.41, 5.74) is 0.848. The van der Waals surface area contributed by atoms with Crippen LogP contribution < -0.4 is 5.32 Å². The second kappa shape index (κ2) is 6.66. The van der Waals surface area contributed by atoms with Crippen molar-refractivity contribution < 1.29 is 8.42 Å². The van der Waals surface area contributed by atoms with Crippen molar-refractivity contribution in [2.75, 3.05) is 31.5 Å². The zero-order valence-corrected chi connectivity index (χ0v) is 14.6. The molecule has 4 heterocycles. The number of rotatable bonds is 5. The molecule has 132 valence electrons. The molecular weight excluding hydrogens is 340 g/mol. The minimum absolute atomic E-state index is 0.102. The third-order valence-electron chi connectivity index (χ3n) is 4.57. The van der Waals surface area contributed by atoms with Gasteiger partial charge in [-0.3, -0.25) is 0 Å². The van der Waals surface area contributed by atoms with Gasteiger partial charge in [-0.25, -0.2) is 15.0 Å². The van der Waals surface area contributed by atoms with Crippen molar-refractivity contribution in [3.8, 4) is 0 Å². The summed E-state index contributed by atoms with van der Waals surface area (Å²) in [5.74, 6) is 1.24. The number of hydrogen-bond donors (Lipinski definition) is 1. The largest absolute Gasteiger partial charge is 0.309 e. The maximum absolute atomic E-state index is 12.5. The highest BCUT2D eigenvalue weighted by molar-refractivity contribution is 7.86. The molecular formula is C16H20N6O2S. The molecule has 0 unspecified atom stereocenters. The minimum Gasteiger partial charge on any atom is -0.309 e. The van der Waals surface area contributed by atoms with Crippen molar-refractivity contribution in [2.45, 2.75) is 18.8 Å². The first kappa shape index (κ1) is 16.4. The summed E-state index contributed by atoms with van der Waals surface area (Å²) in [6, 6.07) is 7.40. The third-order valence-corrected chi connectivity index (χ3v) is 6.53. The zero-order valence-electron chi connectivity index (χ0n) is 13.7. The summed E-state index contributed by atoms with van der Waals surface area (Å²) in [6.45, 7) is 2.21. The van der Waals surface area contributed by atoms with Crippen molar-refractivity contribution >= 4 is 22.0 Å². The van der Waals surface area contributed by atoms with E-state index in [1.54, 1.807) is 16.7 Å². The summed E-state index contributed by atoms with van der Waals surface area (Å²) >= 11 is 0. The number of pyridine rings is 1. The maximum Gasteiger partial charge on any atom is 0.282 e. The summed E-state index contributed by atoms with van der Waals surface area (Å²) in [4.78, 5) is 12.9. The van der Waals surface area contributed by atoms with Crippen molar-refractivity contribution in [1.29, 1.82) is 0 Å². The van der Waals surface area contributed by atoms with Crippen LogP contribution in [0.2, 0.25) is 0 Å². The standard InChI is InChI=1S/C16H20N6O2S/c23-25(24,21-9-3-4-10-21)22-11-13(12-22)14-6-8-18-16(19-14)20-15-5-1-2-7-17-15/h1-2,5-8,13H,3-4,9-12H2,(H,17,18,19,20).